The molecule has 1 aliphatic heterocycles. The predicted octanol–water partition coefficient (Wildman–Crippen LogP) is 3.66. The van der Waals surface area contributed by atoms with E-state index in [0.29, 0.717) is 0 Å². The van der Waals surface area contributed by atoms with Gasteiger partial charge >= 0.3 is 0 Å². The molecule has 1 aliphatic carbocycles. The second kappa shape index (κ2) is 4.67. The molecular weight excluding hydrogens is 206 g/mol. The summed E-state index contributed by atoms with van der Waals surface area (Å²) < 4.78 is 0. The van der Waals surface area contributed by atoms with Crippen LogP contribution in [0.3, 0.4) is 0 Å². The minimum Gasteiger partial charge on any atom is -0.115 e. The molecule has 2 rings (SSSR count). The lowest BCUT2D eigenvalue weighted by Crippen LogP contribution is -2.10. The van der Waals surface area contributed by atoms with Gasteiger partial charge in [0.15, 0.2) is 0 Å². The Bertz CT molecular complexity index is 284. The maximum absolute atomic E-state index is 5.67. The van der Waals surface area contributed by atoms with E-state index in [-0.39, 0.29) is 15.8 Å². The first-order valence-electron chi connectivity index (χ1n) is 5.29. The van der Waals surface area contributed by atoms with Crippen LogP contribution in [0.4, 0.5) is 0 Å². The van der Waals surface area contributed by atoms with E-state index in [1.165, 1.54) is 37.7 Å². The Hall–Kier alpha value is -0.0200. The van der Waals surface area contributed by atoms with E-state index in [9.17, 15) is 0 Å². The van der Waals surface area contributed by atoms with Crippen molar-refractivity contribution in [3.63, 3.8) is 0 Å². The second-order valence-electron chi connectivity index (χ2n) is 4.18. The van der Waals surface area contributed by atoms with Crippen molar-refractivity contribution in [2.24, 2.45) is 5.92 Å². The molecule has 0 nitrogen and oxygen atoms in total. The van der Waals surface area contributed by atoms with Crippen molar-refractivity contribution in [3.05, 3.63) is 0 Å². The molecule has 1 saturated carbocycles. The lowest BCUT2D eigenvalue weighted by atomic mass is 10.1. The molecular formula is C12H16P2. The minimum absolute atomic E-state index is 0.152. The first-order valence-corrected chi connectivity index (χ1v) is 8.60. The van der Waals surface area contributed by atoms with Crippen LogP contribution in [0.15, 0.2) is 0 Å². The van der Waals surface area contributed by atoms with Crippen LogP contribution in [0.1, 0.15) is 25.7 Å². The number of fused-ring (bicyclic) bond motifs is 1. The Kier molecular flexibility index (Phi) is 3.50. The molecule has 14 heavy (non-hydrogen) atoms. The molecule has 4 unspecified atom stereocenters. The molecule has 0 spiro atoms. The van der Waals surface area contributed by atoms with Crippen LogP contribution in [0.25, 0.3) is 0 Å². The monoisotopic (exact) mass is 222 g/mol. The summed E-state index contributed by atoms with van der Waals surface area (Å²) in [5.41, 5.74) is 6.92. The molecule has 0 aromatic carbocycles. The van der Waals surface area contributed by atoms with Crippen molar-refractivity contribution < 1.29 is 0 Å². The minimum atomic E-state index is -0.168. The molecule has 0 aromatic heterocycles. The van der Waals surface area contributed by atoms with E-state index in [2.05, 4.69) is 11.3 Å². The van der Waals surface area contributed by atoms with Crippen LogP contribution in [-0.4, -0.2) is 17.7 Å². The number of hydrogen-bond donors (Lipinski definition) is 0. The predicted molar refractivity (Wildman–Crippen MR) is 67.0 cm³/mol. The van der Waals surface area contributed by atoms with Gasteiger partial charge in [0.2, 0.25) is 0 Å². The maximum atomic E-state index is 5.67. The zero-order valence-corrected chi connectivity index (χ0v) is 10.2. The number of hydrogen-bond acceptors (Lipinski definition) is 0. The van der Waals surface area contributed by atoms with Crippen molar-refractivity contribution in [2.75, 3.05) is 12.1 Å². The van der Waals surface area contributed by atoms with Crippen LogP contribution in [0.5, 0.6) is 0 Å². The highest BCUT2D eigenvalue weighted by molar-refractivity contribution is 7.79. The molecule has 0 bridgehead atoms. The highest BCUT2D eigenvalue weighted by Crippen LogP contribution is 2.61. The normalized spacial score (nSPS) is 41.9. The number of terminal acetylenes is 2. The molecule has 0 aromatic rings. The summed E-state index contributed by atoms with van der Waals surface area (Å²) >= 11 is 0. The lowest BCUT2D eigenvalue weighted by molar-refractivity contribution is 0.544. The first kappa shape index (κ1) is 10.5. The van der Waals surface area contributed by atoms with Crippen LogP contribution in [-0.2, 0) is 0 Å². The second-order valence-corrected chi connectivity index (χ2v) is 8.96. The highest BCUT2D eigenvalue weighted by Gasteiger charge is 2.36. The Morgan fingerprint density at radius 3 is 2.64 bits per heavy atom. The average molecular weight is 222 g/mol. The molecule has 2 heteroatoms. The Labute approximate surface area is 89.7 Å². The zero-order valence-electron chi connectivity index (χ0n) is 8.45. The van der Waals surface area contributed by atoms with E-state index in [1.807, 2.05) is 0 Å². The van der Waals surface area contributed by atoms with Crippen LogP contribution >= 0.6 is 15.8 Å². The Morgan fingerprint density at radius 2 is 1.93 bits per heavy atom. The summed E-state index contributed by atoms with van der Waals surface area (Å²) in [5.74, 6) is 2.14. The van der Waals surface area contributed by atoms with E-state index < -0.39 is 0 Å². The molecule has 1 saturated heterocycles. The molecule has 0 amide bonds. The van der Waals surface area contributed by atoms with Gasteiger partial charge in [-0.15, -0.1) is 12.8 Å². The summed E-state index contributed by atoms with van der Waals surface area (Å²) in [4.78, 5) is 0. The van der Waals surface area contributed by atoms with Crippen molar-refractivity contribution >= 4 is 15.8 Å². The fraction of sp³-hybridized carbons (Fsp3) is 0.667. The van der Waals surface area contributed by atoms with Gasteiger partial charge in [-0.3, -0.25) is 0 Å². The molecule has 2 aliphatic rings. The zero-order chi connectivity index (χ0) is 9.97. The van der Waals surface area contributed by atoms with Crippen LogP contribution in [0.2, 0.25) is 0 Å². The van der Waals surface area contributed by atoms with Gasteiger partial charge in [0, 0.05) is 5.90 Å². The average Bonchev–Trinajstić information content (AvgIpc) is 2.61. The van der Waals surface area contributed by atoms with Crippen molar-refractivity contribution in [1.29, 1.82) is 0 Å². The lowest BCUT2D eigenvalue weighted by Gasteiger charge is -2.21. The third kappa shape index (κ3) is 1.98. The number of rotatable bonds is 0. The van der Waals surface area contributed by atoms with Crippen molar-refractivity contribution in [1.82, 2.24) is 0 Å². The summed E-state index contributed by atoms with van der Waals surface area (Å²) in [6, 6.07) is 0. The van der Waals surface area contributed by atoms with Crippen molar-refractivity contribution in [3.8, 4) is 24.2 Å². The third-order valence-corrected chi connectivity index (χ3v) is 9.02. The third-order valence-electron chi connectivity index (χ3n) is 3.46. The van der Waals surface area contributed by atoms with Gasteiger partial charge in [0.1, 0.15) is 0 Å². The maximum Gasteiger partial charge on any atom is 0.0105 e. The summed E-state index contributed by atoms with van der Waals surface area (Å²) in [6.45, 7) is 0. The van der Waals surface area contributed by atoms with Gasteiger partial charge in [-0.2, -0.15) is 0 Å². The van der Waals surface area contributed by atoms with E-state index >= 15 is 0 Å². The quantitative estimate of drug-likeness (QED) is 0.433. The van der Waals surface area contributed by atoms with Gasteiger partial charge in [-0.25, -0.2) is 0 Å². The van der Waals surface area contributed by atoms with Gasteiger partial charge in [-0.05, 0) is 52.8 Å². The Balaban J connectivity index is 2.13. The van der Waals surface area contributed by atoms with Crippen LogP contribution < -0.4 is 0 Å². The molecule has 2 fully saturated rings. The first-order chi connectivity index (χ1) is 6.85. The standard InChI is InChI=1S/C12H16P2/c1-3-13-9-8-11-6-5-7-12(11)14(4-2)10-13/h1-2,11-12H,5-10H2. The van der Waals surface area contributed by atoms with Crippen LogP contribution in [0, 0.1) is 30.1 Å². The summed E-state index contributed by atoms with van der Waals surface area (Å²) in [6.07, 6.45) is 18.1. The Morgan fingerprint density at radius 1 is 1.07 bits per heavy atom. The van der Waals surface area contributed by atoms with Gasteiger partial charge in [0.25, 0.3) is 0 Å². The van der Waals surface area contributed by atoms with E-state index in [0.717, 1.165) is 11.6 Å². The SMILES string of the molecule is C#CP1CCC2CCCC2P(C#C)C1. The van der Waals surface area contributed by atoms with Crippen molar-refractivity contribution in [2.45, 2.75) is 31.3 Å². The molecule has 4 atom stereocenters. The molecule has 0 N–H and O–H groups in total. The fourth-order valence-corrected chi connectivity index (χ4v) is 8.48. The van der Waals surface area contributed by atoms with Gasteiger partial charge < -0.3 is 0 Å². The highest BCUT2D eigenvalue weighted by atomic mass is 31.2. The topological polar surface area (TPSA) is 0 Å². The molecule has 1 heterocycles. The van der Waals surface area contributed by atoms with Gasteiger partial charge in [0.05, 0.1) is 0 Å². The molecule has 0 radical (unpaired) electrons. The largest absolute Gasteiger partial charge is 0.115 e. The smallest absolute Gasteiger partial charge is 0.0105 e. The summed E-state index contributed by atoms with van der Waals surface area (Å²) in [5, 5.41) is 0. The fourth-order valence-electron chi connectivity index (χ4n) is 2.69. The van der Waals surface area contributed by atoms with E-state index in [1.54, 1.807) is 0 Å². The summed E-state index contributed by atoms with van der Waals surface area (Å²) in [7, 11) is -0.320. The van der Waals surface area contributed by atoms with Gasteiger partial charge in [-0.1, -0.05) is 17.7 Å². The molecule has 74 valence electrons. The van der Waals surface area contributed by atoms with E-state index in [4.69, 9.17) is 12.8 Å².